The van der Waals surface area contributed by atoms with E-state index in [1.54, 1.807) is 0 Å². The topological polar surface area (TPSA) is 33.1 Å². The zero-order valence-corrected chi connectivity index (χ0v) is 7.94. The molecular weight excluding hydrogens is 170 g/mol. The lowest BCUT2D eigenvalue weighted by atomic mass is 10.2. The van der Waals surface area contributed by atoms with E-state index in [-0.39, 0.29) is 5.23 Å². The molecule has 0 heterocycles. The number of para-hydroxylation sites is 1. The SMILES string of the molecule is CSC(=N)Oc1ccccc1C. The number of aryl methyl sites for hydroxylation is 1. The summed E-state index contributed by atoms with van der Waals surface area (Å²) in [5, 5.41) is 7.54. The van der Waals surface area contributed by atoms with Crippen molar-refractivity contribution in [3.05, 3.63) is 29.8 Å². The molecule has 0 fully saturated rings. The maximum Gasteiger partial charge on any atom is 0.248 e. The van der Waals surface area contributed by atoms with Gasteiger partial charge in [0.1, 0.15) is 5.75 Å². The van der Waals surface area contributed by atoms with Crippen molar-refractivity contribution in [3.8, 4) is 5.75 Å². The summed E-state index contributed by atoms with van der Waals surface area (Å²) in [6.45, 7) is 1.96. The largest absolute Gasteiger partial charge is 0.434 e. The van der Waals surface area contributed by atoms with Gasteiger partial charge in [-0.2, -0.15) is 0 Å². The second-order valence-corrected chi connectivity index (χ2v) is 3.14. The number of nitrogens with one attached hydrogen (secondary N) is 1. The fourth-order valence-electron chi connectivity index (χ4n) is 0.812. The van der Waals surface area contributed by atoms with Crippen LogP contribution in [-0.2, 0) is 0 Å². The van der Waals surface area contributed by atoms with Crippen LogP contribution >= 0.6 is 11.8 Å². The molecule has 2 nitrogen and oxygen atoms in total. The van der Waals surface area contributed by atoms with Crippen molar-refractivity contribution in [2.24, 2.45) is 0 Å². The maximum atomic E-state index is 7.31. The second-order valence-electron chi connectivity index (χ2n) is 2.36. The van der Waals surface area contributed by atoms with Crippen molar-refractivity contribution in [2.45, 2.75) is 6.92 Å². The van der Waals surface area contributed by atoms with E-state index in [1.807, 2.05) is 37.4 Å². The van der Waals surface area contributed by atoms with Gasteiger partial charge in [0.2, 0.25) is 5.23 Å². The fourth-order valence-corrected chi connectivity index (χ4v) is 0.986. The molecule has 0 aliphatic carbocycles. The molecule has 0 saturated carbocycles. The zero-order chi connectivity index (χ0) is 8.97. The molecule has 0 aromatic heterocycles. The summed E-state index contributed by atoms with van der Waals surface area (Å²) in [6.07, 6.45) is 1.82. The summed E-state index contributed by atoms with van der Waals surface area (Å²) < 4.78 is 5.24. The van der Waals surface area contributed by atoms with Crippen LogP contribution in [0.3, 0.4) is 0 Å². The second kappa shape index (κ2) is 4.16. The van der Waals surface area contributed by atoms with Crippen LogP contribution in [0.4, 0.5) is 0 Å². The first-order valence-electron chi connectivity index (χ1n) is 3.60. The van der Waals surface area contributed by atoms with E-state index in [9.17, 15) is 0 Å². The van der Waals surface area contributed by atoms with E-state index in [2.05, 4.69) is 0 Å². The zero-order valence-electron chi connectivity index (χ0n) is 7.13. The number of benzene rings is 1. The Morgan fingerprint density at radius 1 is 1.42 bits per heavy atom. The molecule has 64 valence electrons. The molecule has 0 amide bonds. The Kier molecular flexibility index (Phi) is 3.17. The Morgan fingerprint density at radius 2 is 2.08 bits per heavy atom. The predicted molar refractivity (Wildman–Crippen MR) is 53.0 cm³/mol. The van der Waals surface area contributed by atoms with Gasteiger partial charge >= 0.3 is 0 Å². The van der Waals surface area contributed by atoms with Crippen molar-refractivity contribution < 1.29 is 4.74 Å². The van der Waals surface area contributed by atoms with Crippen LogP contribution in [-0.4, -0.2) is 11.5 Å². The van der Waals surface area contributed by atoms with E-state index in [1.165, 1.54) is 11.8 Å². The van der Waals surface area contributed by atoms with Gasteiger partial charge in [-0.05, 0) is 24.8 Å². The van der Waals surface area contributed by atoms with Gasteiger partial charge < -0.3 is 4.74 Å². The number of hydrogen-bond donors (Lipinski definition) is 1. The Morgan fingerprint density at radius 3 is 2.67 bits per heavy atom. The van der Waals surface area contributed by atoms with Gasteiger partial charge in [-0.15, -0.1) is 0 Å². The summed E-state index contributed by atoms with van der Waals surface area (Å²) in [5.41, 5.74) is 1.05. The smallest absolute Gasteiger partial charge is 0.248 e. The lowest BCUT2D eigenvalue weighted by Crippen LogP contribution is -2.01. The van der Waals surface area contributed by atoms with Gasteiger partial charge in [0.05, 0.1) is 0 Å². The van der Waals surface area contributed by atoms with Crippen LogP contribution < -0.4 is 4.74 Å². The molecule has 0 saturated heterocycles. The van der Waals surface area contributed by atoms with Crippen LogP contribution in [0.5, 0.6) is 5.75 Å². The van der Waals surface area contributed by atoms with Crippen molar-refractivity contribution in [1.82, 2.24) is 0 Å². The molecule has 0 radical (unpaired) electrons. The van der Waals surface area contributed by atoms with Gasteiger partial charge in [0.25, 0.3) is 0 Å². The molecule has 1 aromatic rings. The normalized spacial score (nSPS) is 9.50. The van der Waals surface area contributed by atoms with Crippen LogP contribution in [0.15, 0.2) is 24.3 Å². The predicted octanol–water partition coefficient (Wildman–Crippen LogP) is 2.67. The maximum absolute atomic E-state index is 7.31. The van der Waals surface area contributed by atoms with Gasteiger partial charge in [-0.25, -0.2) is 0 Å². The molecule has 1 rings (SSSR count). The molecule has 1 N–H and O–H groups in total. The van der Waals surface area contributed by atoms with Crippen LogP contribution in [0.2, 0.25) is 0 Å². The Hall–Kier alpha value is -0.960. The minimum Gasteiger partial charge on any atom is -0.434 e. The highest BCUT2D eigenvalue weighted by molar-refractivity contribution is 8.12. The molecule has 0 spiro atoms. The van der Waals surface area contributed by atoms with Gasteiger partial charge in [0, 0.05) is 0 Å². The third-order valence-corrected chi connectivity index (χ3v) is 1.94. The molecule has 1 aromatic carbocycles. The quantitative estimate of drug-likeness (QED) is 0.533. The first kappa shape index (κ1) is 9.13. The van der Waals surface area contributed by atoms with Gasteiger partial charge in [-0.1, -0.05) is 30.0 Å². The van der Waals surface area contributed by atoms with Crippen molar-refractivity contribution >= 4 is 17.0 Å². The first-order chi connectivity index (χ1) is 5.74. The minimum absolute atomic E-state index is 0.226. The fraction of sp³-hybridized carbons (Fsp3) is 0.222. The first-order valence-corrected chi connectivity index (χ1v) is 4.82. The monoisotopic (exact) mass is 181 g/mol. The van der Waals surface area contributed by atoms with Gasteiger partial charge in [-0.3, -0.25) is 5.41 Å². The summed E-state index contributed by atoms with van der Waals surface area (Å²) in [7, 11) is 0. The highest BCUT2D eigenvalue weighted by Gasteiger charge is 2.00. The molecule has 0 aliphatic heterocycles. The number of rotatable bonds is 1. The number of thioether (sulfide) groups is 1. The molecule has 0 unspecified atom stereocenters. The summed E-state index contributed by atoms with van der Waals surface area (Å²) in [4.78, 5) is 0. The highest BCUT2D eigenvalue weighted by atomic mass is 32.2. The van der Waals surface area contributed by atoms with E-state index in [4.69, 9.17) is 10.1 Å². The highest BCUT2D eigenvalue weighted by Crippen LogP contribution is 2.17. The van der Waals surface area contributed by atoms with Crippen molar-refractivity contribution in [2.75, 3.05) is 6.26 Å². The van der Waals surface area contributed by atoms with E-state index in [0.29, 0.717) is 0 Å². The molecule has 0 atom stereocenters. The van der Waals surface area contributed by atoms with E-state index >= 15 is 0 Å². The average molecular weight is 181 g/mol. The molecule has 3 heteroatoms. The third kappa shape index (κ3) is 2.27. The summed E-state index contributed by atoms with van der Waals surface area (Å²) in [6, 6.07) is 7.67. The van der Waals surface area contributed by atoms with Gasteiger partial charge in [0.15, 0.2) is 0 Å². The van der Waals surface area contributed by atoms with Crippen LogP contribution in [0.25, 0.3) is 0 Å². The Balaban J connectivity index is 2.75. The minimum atomic E-state index is 0.226. The number of ether oxygens (including phenoxy) is 1. The molecule has 12 heavy (non-hydrogen) atoms. The van der Waals surface area contributed by atoms with Crippen LogP contribution in [0, 0.1) is 12.3 Å². The Labute approximate surface area is 76.4 Å². The Bertz CT molecular complexity index is 286. The van der Waals surface area contributed by atoms with Crippen molar-refractivity contribution in [3.63, 3.8) is 0 Å². The summed E-state index contributed by atoms with van der Waals surface area (Å²) >= 11 is 1.29. The number of hydrogen-bond acceptors (Lipinski definition) is 3. The van der Waals surface area contributed by atoms with Crippen molar-refractivity contribution in [1.29, 1.82) is 5.41 Å². The lowest BCUT2D eigenvalue weighted by molar-refractivity contribution is 0.557. The summed E-state index contributed by atoms with van der Waals surface area (Å²) in [5.74, 6) is 0.761. The molecule has 0 bridgehead atoms. The average Bonchev–Trinajstić information content (AvgIpc) is 2.09. The third-order valence-electron chi connectivity index (χ3n) is 1.48. The molecular formula is C9H11NOS. The molecule has 0 aliphatic rings. The van der Waals surface area contributed by atoms with E-state index in [0.717, 1.165) is 11.3 Å². The van der Waals surface area contributed by atoms with E-state index < -0.39 is 0 Å². The van der Waals surface area contributed by atoms with Crippen LogP contribution in [0.1, 0.15) is 5.56 Å². The lowest BCUT2D eigenvalue weighted by Gasteiger charge is -2.06. The standard InChI is InChI=1S/C9H11NOS/c1-7-5-3-4-6-8(7)11-9(10)12-2/h3-6,10H,1-2H3.